The summed E-state index contributed by atoms with van der Waals surface area (Å²) in [5.41, 5.74) is 9.11. The fourth-order valence-corrected chi connectivity index (χ4v) is 2.64. The van der Waals surface area contributed by atoms with E-state index in [0.717, 1.165) is 16.9 Å². The van der Waals surface area contributed by atoms with Crippen LogP contribution in [0.2, 0.25) is 10.0 Å². The van der Waals surface area contributed by atoms with Crippen LogP contribution in [0.4, 0.5) is 17.2 Å². The van der Waals surface area contributed by atoms with Crippen molar-refractivity contribution in [2.24, 2.45) is 0 Å². The third-order valence-electron chi connectivity index (χ3n) is 3.42. The normalized spacial score (nSPS) is 10.5. The molecule has 2 aromatic carbocycles. The minimum absolute atomic E-state index is 0.394. The van der Waals surface area contributed by atoms with Crippen LogP contribution >= 0.6 is 23.2 Å². The van der Waals surface area contributed by atoms with Crippen molar-refractivity contribution in [1.82, 2.24) is 4.98 Å². The molecular formula is C18H15Cl2N3O. The molecule has 0 spiro atoms. The minimum atomic E-state index is 0.394. The van der Waals surface area contributed by atoms with Crippen LogP contribution in [0.15, 0.2) is 54.6 Å². The second-order valence-corrected chi connectivity index (χ2v) is 6.02. The smallest absolute Gasteiger partial charge is 0.128 e. The van der Waals surface area contributed by atoms with E-state index < -0.39 is 0 Å². The number of nitrogens with two attached hydrogens (primary N) is 1. The van der Waals surface area contributed by atoms with Gasteiger partial charge >= 0.3 is 0 Å². The van der Waals surface area contributed by atoms with Crippen LogP contribution in [0.3, 0.4) is 0 Å². The van der Waals surface area contributed by atoms with E-state index >= 15 is 0 Å². The number of methoxy groups -OCH3 is 1. The fourth-order valence-electron chi connectivity index (χ4n) is 2.34. The van der Waals surface area contributed by atoms with Gasteiger partial charge < -0.3 is 15.8 Å². The summed E-state index contributed by atoms with van der Waals surface area (Å²) in [7, 11) is 1.60. The lowest BCUT2D eigenvalue weighted by Crippen LogP contribution is -1.98. The van der Waals surface area contributed by atoms with E-state index in [2.05, 4.69) is 10.3 Å². The molecule has 0 atom stereocenters. The van der Waals surface area contributed by atoms with Crippen molar-refractivity contribution < 1.29 is 4.74 Å². The second kappa shape index (κ2) is 6.99. The van der Waals surface area contributed by atoms with Gasteiger partial charge in [-0.05, 0) is 48.5 Å². The first-order chi connectivity index (χ1) is 11.5. The number of benzene rings is 2. The lowest BCUT2D eigenvalue weighted by atomic mass is 10.1. The van der Waals surface area contributed by atoms with E-state index in [9.17, 15) is 0 Å². The molecule has 0 saturated heterocycles. The zero-order valence-electron chi connectivity index (χ0n) is 12.9. The van der Waals surface area contributed by atoms with E-state index in [1.165, 1.54) is 0 Å². The Bertz CT molecular complexity index is 867. The Morgan fingerprint density at radius 3 is 2.33 bits per heavy atom. The number of aromatic nitrogens is 1. The number of rotatable bonds is 4. The highest BCUT2D eigenvalue weighted by Gasteiger charge is 2.10. The predicted molar refractivity (Wildman–Crippen MR) is 100 cm³/mol. The summed E-state index contributed by atoms with van der Waals surface area (Å²) in [5, 5.41) is 4.56. The van der Waals surface area contributed by atoms with Gasteiger partial charge in [-0.15, -0.1) is 0 Å². The molecule has 3 aromatic rings. The molecule has 1 aromatic heterocycles. The maximum Gasteiger partial charge on any atom is 0.128 e. The Balaban J connectivity index is 2.00. The molecule has 24 heavy (non-hydrogen) atoms. The van der Waals surface area contributed by atoms with Crippen molar-refractivity contribution >= 4 is 40.4 Å². The van der Waals surface area contributed by atoms with E-state index in [1.807, 2.05) is 30.3 Å². The predicted octanol–water partition coefficient (Wildman–Crippen LogP) is 5.39. The largest absolute Gasteiger partial charge is 0.496 e. The first kappa shape index (κ1) is 16.4. The van der Waals surface area contributed by atoms with Crippen molar-refractivity contribution in [3.05, 3.63) is 64.6 Å². The number of pyridine rings is 1. The Hall–Kier alpha value is -2.43. The third kappa shape index (κ3) is 3.72. The molecule has 3 N–H and O–H groups in total. The summed E-state index contributed by atoms with van der Waals surface area (Å²) in [6.07, 6.45) is 0. The van der Waals surface area contributed by atoms with Crippen LogP contribution in [-0.2, 0) is 0 Å². The Labute approximate surface area is 150 Å². The van der Waals surface area contributed by atoms with Crippen LogP contribution in [0, 0.1) is 0 Å². The number of halogens is 2. The van der Waals surface area contributed by atoms with Crippen molar-refractivity contribution in [3.63, 3.8) is 0 Å². The number of nitrogen functional groups attached to an aromatic ring is 1. The number of ether oxygens (including phenoxy) is 1. The van der Waals surface area contributed by atoms with Gasteiger partial charge in [0.15, 0.2) is 0 Å². The number of hydrogen-bond acceptors (Lipinski definition) is 4. The highest BCUT2D eigenvalue weighted by atomic mass is 35.5. The zero-order valence-corrected chi connectivity index (χ0v) is 14.4. The van der Waals surface area contributed by atoms with Gasteiger partial charge in [0.25, 0.3) is 0 Å². The standard InChI is InChI=1S/C18H15Cl2N3O/c1-24-17-7-4-12(20)8-15(17)16-9-14(10-18(21)23-16)22-13-5-2-11(19)3-6-13/h2-10H,1H3,(H3,21,22,23). The summed E-state index contributed by atoms with van der Waals surface area (Å²) >= 11 is 12.0. The third-order valence-corrected chi connectivity index (χ3v) is 3.90. The molecule has 0 unspecified atom stereocenters. The molecule has 122 valence electrons. The molecule has 0 bridgehead atoms. The SMILES string of the molecule is COc1ccc(Cl)cc1-c1cc(Nc2ccc(Cl)cc2)cc(N)n1. The molecule has 3 rings (SSSR count). The summed E-state index contributed by atoms with van der Waals surface area (Å²) in [5.74, 6) is 1.07. The maximum absolute atomic E-state index is 6.11. The molecule has 0 aliphatic heterocycles. The van der Waals surface area contributed by atoms with Crippen LogP contribution in [0.5, 0.6) is 5.75 Å². The molecule has 0 saturated carbocycles. The molecular weight excluding hydrogens is 345 g/mol. The van der Waals surface area contributed by atoms with Gasteiger partial charge in [0, 0.05) is 33.0 Å². The van der Waals surface area contributed by atoms with E-state index in [-0.39, 0.29) is 0 Å². The van der Waals surface area contributed by atoms with Crippen LogP contribution in [0.25, 0.3) is 11.3 Å². The molecule has 0 aliphatic rings. The van der Waals surface area contributed by atoms with Crippen molar-refractivity contribution in [1.29, 1.82) is 0 Å². The summed E-state index contributed by atoms with van der Waals surface area (Å²) in [6, 6.07) is 16.4. The molecule has 1 heterocycles. The van der Waals surface area contributed by atoms with Crippen molar-refractivity contribution in [2.75, 3.05) is 18.2 Å². The minimum Gasteiger partial charge on any atom is -0.496 e. The van der Waals surface area contributed by atoms with Gasteiger partial charge in [-0.25, -0.2) is 4.98 Å². The van der Waals surface area contributed by atoms with Crippen LogP contribution < -0.4 is 15.8 Å². The molecule has 0 radical (unpaired) electrons. The maximum atomic E-state index is 6.11. The van der Waals surface area contributed by atoms with Crippen LogP contribution in [0.1, 0.15) is 0 Å². The Morgan fingerprint density at radius 2 is 1.62 bits per heavy atom. The highest BCUT2D eigenvalue weighted by molar-refractivity contribution is 6.31. The molecule has 0 amide bonds. The first-order valence-electron chi connectivity index (χ1n) is 7.19. The topological polar surface area (TPSA) is 60.2 Å². The van der Waals surface area contributed by atoms with E-state index in [1.54, 1.807) is 31.4 Å². The molecule has 0 aliphatic carbocycles. The van der Waals surface area contributed by atoms with Gasteiger partial charge in [-0.3, -0.25) is 0 Å². The quantitative estimate of drug-likeness (QED) is 0.655. The van der Waals surface area contributed by atoms with Crippen molar-refractivity contribution in [2.45, 2.75) is 0 Å². The summed E-state index contributed by atoms with van der Waals surface area (Å²) in [6.45, 7) is 0. The van der Waals surface area contributed by atoms with Crippen molar-refractivity contribution in [3.8, 4) is 17.0 Å². The monoisotopic (exact) mass is 359 g/mol. The lowest BCUT2D eigenvalue weighted by molar-refractivity contribution is 0.416. The number of anilines is 3. The molecule has 4 nitrogen and oxygen atoms in total. The van der Waals surface area contributed by atoms with Gasteiger partial charge in [-0.1, -0.05) is 23.2 Å². The number of nitrogens with one attached hydrogen (secondary N) is 1. The Kier molecular flexibility index (Phi) is 4.79. The van der Waals surface area contributed by atoms with Gasteiger partial charge in [0.05, 0.1) is 12.8 Å². The molecule has 0 fully saturated rings. The summed E-state index contributed by atoms with van der Waals surface area (Å²) in [4.78, 5) is 4.39. The molecule has 6 heteroatoms. The van der Waals surface area contributed by atoms with E-state index in [0.29, 0.717) is 27.3 Å². The first-order valence-corrected chi connectivity index (χ1v) is 7.95. The summed E-state index contributed by atoms with van der Waals surface area (Å²) < 4.78 is 5.39. The average Bonchev–Trinajstić information content (AvgIpc) is 2.56. The zero-order chi connectivity index (χ0) is 17.1. The van der Waals surface area contributed by atoms with Crippen LogP contribution in [-0.4, -0.2) is 12.1 Å². The number of hydrogen-bond donors (Lipinski definition) is 2. The highest BCUT2D eigenvalue weighted by Crippen LogP contribution is 2.33. The Morgan fingerprint density at radius 1 is 0.917 bits per heavy atom. The van der Waals surface area contributed by atoms with Gasteiger partial charge in [0.1, 0.15) is 11.6 Å². The van der Waals surface area contributed by atoms with E-state index in [4.69, 9.17) is 33.7 Å². The fraction of sp³-hybridized carbons (Fsp3) is 0.0556. The van der Waals surface area contributed by atoms with Gasteiger partial charge in [-0.2, -0.15) is 0 Å². The van der Waals surface area contributed by atoms with Gasteiger partial charge in [0.2, 0.25) is 0 Å². The average molecular weight is 360 g/mol. The second-order valence-electron chi connectivity index (χ2n) is 5.14. The number of nitrogens with zero attached hydrogens (tertiary/aromatic N) is 1. The lowest BCUT2D eigenvalue weighted by Gasteiger charge is -2.12.